The van der Waals surface area contributed by atoms with E-state index in [-0.39, 0.29) is 17.9 Å². The number of nitrogens with zero attached hydrogens (tertiary/aromatic N) is 2. The van der Waals surface area contributed by atoms with E-state index in [4.69, 9.17) is 0 Å². The van der Waals surface area contributed by atoms with Crippen molar-refractivity contribution < 1.29 is 9.59 Å². The van der Waals surface area contributed by atoms with Crippen LogP contribution in [-0.4, -0.2) is 21.6 Å². The SMILES string of the molecule is Cc1nn(Cc2ccccc2)c2sc(C(=O)NC(C)c3ccc4c(c3)CCC(=O)N4)cc12. The quantitative estimate of drug-likeness (QED) is 0.463. The van der Waals surface area contributed by atoms with Crippen molar-refractivity contribution in [2.75, 3.05) is 5.32 Å². The molecule has 1 aliphatic rings. The lowest BCUT2D eigenvalue weighted by atomic mass is 9.98. The molecule has 32 heavy (non-hydrogen) atoms. The molecule has 2 aromatic heterocycles. The van der Waals surface area contributed by atoms with Crippen molar-refractivity contribution >= 4 is 39.1 Å². The zero-order chi connectivity index (χ0) is 22.2. The number of carbonyl (C=O) groups is 2. The first-order chi connectivity index (χ1) is 15.5. The summed E-state index contributed by atoms with van der Waals surface area (Å²) in [5, 5.41) is 11.7. The van der Waals surface area contributed by atoms with Crippen molar-refractivity contribution in [3.05, 3.63) is 81.9 Å². The molecule has 2 amide bonds. The Hall–Kier alpha value is -3.45. The average molecular weight is 445 g/mol. The maximum absolute atomic E-state index is 13.0. The van der Waals surface area contributed by atoms with E-state index in [1.165, 1.54) is 16.9 Å². The molecule has 3 heterocycles. The number of aromatic nitrogens is 2. The van der Waals surface area contributed by atoms with Crippen LogP contribution >= 0.6 is 11.3 Å². The van der Waals surface area contributed by atoms with Gasteiger partial charge in [-0.2, -0.15) is 5.10 Å². The van der Waals surface area contributed by atoms with E-state index in [0.29, 0.717) is 17.8 Å². The molecule has 0 saturated heterocycles. The van der Waals surface area contributed by atoms with Gasteiger partial charge >= 0.3 is 0 Å². The van der Waals surface area contributed by atoms with Gasteiger partial charge in [-0.3, -0.25) is 14.3 Å². The number of hydrogen-bond acceptors (Lipinski definition) is 4. The van der Waals surface area contributed by atoms with Crippen LogP contribution in [0.5, 0.6) is 0 Å². The number of hydrogen-bond donors (Lipinski definition) is 2. The maximum Gasteiger partial charge on any atom is 0.261 e. The van der Waals surface area contributed by atoms with Crippen LogP contribution in [0.3, 0.4) is 0 Å². The highest BCUT2D eigenvalue weighted by Gasteiger charge is 2.20. The molecule has 0 fully saturated rings. The summed E-state index contributed by atoms with van der Waals surface area (Å²) >= 11 is 1.47. The standard InChI is InChI=1S/C25H24N4O2S/c1-15(18-8-10-21-19(12-18)9-11-23(30)27-21)26-24(31)22-13-20-16(2)28-29(25(20)32-22)14-17-6-4-3-5-7-17/h3-8,10,12-13,15H,9,11,14H2,1-2H3,(H,26,31)(H,27,30). The lowest BCUT2D eigenvalue weighted by Gasteiger charge is -2.20. The minimum atomic E-state index is -0.141. The third-order valence-electron chi connectivity index (χ3n) is 5.88. The summed E-state index contributed by atoms with van der Waals surface area (Å²) in [5.41, 5.74) is 5.11. The Balaban J connectivity index is 1.35. The Morgan fingerprint density at radius 1 is 1.19 bits per heavy atom. The predicted octanol–water partition coefficient (Wildman–Crippen LogP) is 4.83. The number of rotatable bonds is 5. The molecule has 0 saturated carbocycles. The fourth-order valence-corrected chi connectivity index (χ4v) is 5.18. The minimum absolute atomic E-state index is 0.0532. The molecule has 5 rings (SSSR count). The molecule has 1 atom stereocenters. The Kier molecular flexibility index (Phi) is 5.27. The molecule has 7 heteroatoms. The fraction of sp³-hybridized carbons (Fsp3) is 0.240. The van der Waals surface area contributed by atoms with E-state index in [1.807, 2.05) is 54.9 Å². The molecule has 6 nitrogen and oxygen atoms in total. The Labute approximate surface area is 190 Å². The summed E-state index contributed by atoms with van der Waals surface area (Å²) in [4.78, 5) is 26.3. The summed E-state index contributed by atoms with van der Waals surface area (Å²) in [6.07, 6.45) is 1.22. The summed E-state index contributed by atoms with van der Waals surface area (Å²) < 4.78 is 1.97. The van der Waals surface area contributed by atoms with Crippen LogP contribution in [0, 0.1) is 6.92 Å². The minimum Gasteiger partial charge on any atom is -0.345 e. The van der Waals surface area contributed by atoms with E-state index in [0.717, 1.165) is 39.1 Å². The van der Waals surface area contributed by atoms with Gasteiger partial charge in [0.15, 0.2) is 0 Å². The first kappa shape index (κ1) is 20.5. The van der Waals surface area contributed by atoms with Crippen molar-refractivity contribution in [3.8, 4) is 0 Å². The smallest absolute Gasteiger partial charge is 0.261 e. The molecule has 0 aliphatic carbocycles. The molecule has 0 spiro atoms. The molecule has 162 valence electrons. The largest absolute Gasteiger partial charge is 0.345 e. The van der Waals surface area contributed by atoms with Gasteiger partial charge in [0.2, 0.25) is 5.91 Å². The number of thiophene rings is 1. The fourth-order valence-electron chi connectivity index (χ4n) is 4.11. The van der Waals surface area contributed by atoms with Gasteiger partial charge in [0.25, 0.3) is 5.91 Å². The van der Waals surface area contributed by atoms with Gasteiger partial charge in [-0.1, -0.05) is 42.5 Å². The van der Waals surface area contributed by atoms with Crippen molar-refractivity contribution in [1.29, 1.82) is 0 Å². The highest BCUT2D eigenvalue weighted by atomic mass is 32.1. The molecule has 1 aliphatic heterocycles. The average Bonchev–Trinajstić information content (AvgIpc) is 3.35. The molecule has 0 radical (unpaired) electrons. The van der Waals surface area contributed by atoms with Crippen LogP contribution < -0.4 is 10.6 Å². The third kappa shape index (κ3) is 3.91. The van der Waals surface area contributed by atoms with Gasteiger partial charge in [-0.15, -0.1) is 11.3 Å². The monoisotopic (exact) mass is 444 g/mol. The van der Waals surface area contributed by atoms with Gasteiger partial charge in [-0.25, -0.2) is 0 Å². The summed E-state index contributed by atoms with van der Waals surface area (Å²) in [7, 11) is 0. The number of anilines is 1. The zero-order valence-corrected chi connectivity index (χ0v) is 18.8. The molecular weight excluding hydrogens is 420 g/mol. The number of aryl methyl sites for hydroxylation is 2. The molecular formula is C25H24N4O2S. The Morgan fingerprint density at radius 2 is 2.00 bits per heavy atom. The van der Waals surface area contributed by atoms with Gasteiger partial charge < -0.3 is 10.6 Å². The third-order valence-corrected chi connectivity index (χ3v) is 7.03. The summed E-state index contributed by atoms with van der Waals surface area (Å²) in [5.74, 6) is -0.0344. The lowest BCUT2D eigenvalue weighted by Crippen LogP contribution is -2.26. The number of amides is 2. The summed E-state index contributed by atoms with van der Waals surface area (Å²) in [6.45, 7) is 4.64. The van der Waals surface area contributed by atoms with Crippen LogP contribution in [0.2, 0.25) is 0 Å². The van der Waals surface area contributed by atoms with Crippen molar-refractivity contribution in [3.63, 3.8) is 0 Å². The number of nitrogens with one attached hydrogen (secondary N) is 2. The van der Waals surface area contributed by atoms with Gasteiger partial charge in [-0.05, 0) is 49.1 Å². The second-order valence-electron chi connectivity index (χ2n) is 8.22. The molecule has 2 N–H and O–H groups in total. The first-order valence-electron chi connectivity index (χ1n) is 10.7. The van der Waals surface area contributed by atoms with E-state index in [2.05, 4.69) is 33.9 Å². The highest BCUT2D eigenvalue weighted by molar-refractivity contribution is 7.20. The predicted molar refractivity (Wildman–Crippen MR) is 127 cm³/mol. The van der Waals surface area contributed by atoms with Crippen LogP contribution in [0.15, 0.2) is 54.6 Å². The number of carbonyl (C=O) groups excluding carboxylic acids is 2. The van der Waals surface area contributed by atoms with Gasteiger partial charge in [0.05, 0.1) is 23.2 Å². The number of fused-ring (bicyclic) bond motifs is 2. The normalized spacial score (nSPS) is 14.1. The van der Waals surface area contributed by atoms with E-state index in [9.17, 15) is 9.59 Å². The second kappa shape index (κ2) is 8.24. The van der Waals surface area contributed by atoms with Crippen LogP contribution in [-0.2, 0) is 17.8 Å². The van der Waals surface area contributed by atoms with Crippen LogP contribution in [0.4, 0.5) is 5.69 Å². The number of benzene rings is 2. The Bertz CT molecular complexity index is 1320. The second-order valence-corrected chi connectivity index (χ2v) is 9.25. The van der Waals surface area contributed by atoms with Crippen molar-refractivity contribution in [2.24, 2.45) is 0 Å². The molecule has 2 aromatic carbocycles. The Morgan fingerprint density at radius 3 is 2.81 bits per heavy atom. The topological polar surface area (TPSA) is 76.0 Å². The van der Waals surface area contributed by atoms with Gasteiger partial charge in [0, 0.05) is 17.5 Å². The first-order valence-corrected chi connectivity index (χ1v) is 11.5. The van der Waals surface area contributed by atoms with Gasteiger partial charge in [0.1, 0.15) is 4.83 Å². The van der Waals surface area contributed by atoms with Crippen LogP contribution in [0.25, 0.3) is 10.2 Å². The van der Waals surface area contributed by atoms with Crippen molar-refractivity contribution in [1.82, 2.24) is 15.1 Å². The molecule has 4 aromatic rings. The lowest BCUT2D eigenvalue weighted by molar-refractivity contribution is -0.116. The van der Waals surface area contributed by atoms with E-state index in [1.54, 1.807) is 0 Å². The van der Waals surface area contributed by atoms with Crippen molar-refractivity contribution in [2.45, 2.75) is 39.3 Å². The molecule has 1 unspecified atom stereocenters. The maximum atomic E-state index is 13.0. The molecule has 0 bridgehead atoms. The zero-order valence-electron chi connectivity index (χ0n) is 18.0. The van der Waals surface area contributed by atoms with Crippen LogP contribution in [0.1, 0.15) is 51.4 Å². The highest BCUT2D eigenvalue weighted by Crippen LogP contribution is 2.30. The van der Waals surface area contributed by atoms with E-state index >= 15 is 0 Å². The summed E-state index contributed by atoms with van der Waals surface area (Å²) in [6, 6.07) is 18.0. The van der Waals surface area contributed by atoms with E-state index < -0.39 is 0 Å².